The summed E-state index contributed by atoms with van der Waals surface area (Å²) in [5, 5.41) is 0.826. The number of hydrogen-bond acceptors (Lipinski definition) is 2. The Hall–Kier alpha value is -1.71. The van der Waals surface area contributed by atoms with Gasteiger partial charge in [-0.2, -0.15) is 0 Å². The maximum atomic E-state index is 13.7. The predicted octanol–water partition coefficient (Wildman–Crippen LogP) is 4.74. The van der Waals surface area contributed by atoms with Crippen molar-refractivity contribution < 1.29 is 4.39 Å². The van der Waals surface area contributed by atoms with Gasteiger partial charge < -0.3 is 0 Å². The van der Waals surface area contributed by atoms with Gasteiger partial charge in [-0.1, -0.05) is 41.4 Å². The highest BCUT2D eigenvalue weighted by molar-refractivity contribution is 6.35. The lowest BCUT2D eigenvalue weighted by Gasteiger charge is -2.06. The van der Waals surface area contributed by atoms with E-state index in [1.54, 1.807) is 24.3 Å². The van der Waals surface area contributed by atoms with E-state index in [1.807, 2.05) is 12.1 Å². The highest BCUT2D eigenvalue weighted by Gasteiger charge is 2.12. The second-order valence-corrected chi connectivity index (χ2v) is 4.72. The van der Waals surface area contributed by atoms with Gasteiger partial charge in [-0.05, 0) is 24.3 Å². The van der Waals surface area contributed by atoms with Gasteiger partial charge in [0.2, 0.25) is 0 Å². The van der Waals surface area contributed by atoms with Gasteiger partial charge in [0, 0.05) is 5.56 Å². The molecule has 0 amide bonds. The van der Waals surface area contributed by atoms with E-state index >= 15 is 0 Å². The van der Waals surface area contributed by atoms with Crippen molar-refractivity contribution in [3.63, 3.8) is 0 Å². The van der Waals surface area contributed by atoms with Crippen molar-refractivity contribution in [2.75, 3.05) is 0 Å². The average molecular weight is 293 g/mol. The Bertz CT molecular complexity index is 774. The summed E-state index contributed by atoms with van der Waals surface area (Å²) in [6.45, 7) is 0. The molecule has 94 valence electrons. The van der Waals surface area contributed by atoms with Gasteiger partial charge in [0.25, 0.3) is 0 Å². The summed E-state index contributed by atoms with van der Waals surface area (Å²) >= 11 is 12.1. The summed E-state index contributed by atoms with van der Waals surface area (Å²) in [4.78, 5) is 8.43. The van der Waals surface area contributed by atoms with Crippen LogP contribution < -0.4 is 0 Å². The number of rotatable bonds is 1. The SMILES string of the molecule is Fc1cccc2nc(-c3ccccc3Cl)nc(Cl)c12. The molecule has 2 nitrogen and oxygen atoms in total. The van der Waals surface area contributed by atoms with E-state index in [2.05, 4.69) is 9.97 Å². The van der Waals surface area contributed by atoms with Gasteiger partial charge in [-0.3, -0.25) is 0 Å². The van der Waals surface area contributed by atoms with Crippen LogP contribution >= 0.6 is 23.2 Å². The number of halogens is 3. The van der Waals surface area contributed by atoms with Crippen molar-refractivity contribution in [1.29, 1.82) is 0 Å². The Balaban J connectivity index is 2.31. The van der Waals surface area contributed by atoms with Crippen LogP contribution in [0, 0.1) is 5.82 Å². The van der Waals surface area contributed by atoms with Crippen molar-refractivity contribution in [3.8, 4) is 11.4 Å². The van der Waals surface area contributed by atoms with Crippen molar-refractivity contribution in [2.24, 2.45) is 0 Å². The lowest BCUT2D eigenvalue weighted by Crippen LogP contribution is -1.94. The minimum Gasteiger partial charge on any atom is -0.228 e. The molecule has 0 unspecified atom stereocenters. The number of hydrogen-bond donors (Lipinski definition) is 0. The molecule has 3 rings (SSSR count). The molecule has 5 heteroatoms. The zero-order chi connectivity index (χ0) is 13.4. The van der Waals surface area contributed by atoms with E-state index in [9.17, 15) is 4.39 Å². The number of benzene rings is 2. The fourth-order valence-electron chi connectivity index (χ4n) is 1.86. The smallest absolute Gasteiger partial charge is 0.162 e. The lowest BCUT2D eigenvalue weighted by molar-refractivity contribution is 0.639. The molecule has 0 N–H and O–H groups in total. The molecule has 0 atom stereocenters. The molecule has 0 radical (unpaired) electrons. The molecule has 1 heterocycles. The zero-order valence-corrected chi connectivity index (χ0v) is 11.1. The predicted molar refractivity (Wildman–Crippen MR) is 75.0 cm³/mol. The molecule has 0 aliphatic heterocycles. The van der Waals surface area contributed by atoms with Crippen LogP contribution in [0.1, 0.15) is 0 Å². The third-order valence-corrected chi connectivity index (χ3v) is 3.35. The average Bonchev–Trinajstić information content (AvgIpc) is 2.39. The van der Waals surface area contributed by atoms with Crippen LogP contribution in [0.25, 0.3) is 22.3 Å². The van der Waals surface area contributed by atoms with Crippen LogP contribution in [0.15, 0.2) is 42.5 Å². The van der Waals surface area contributed by atoms with Crippen LogP contribution in [0.3, 0.4) is 0 Å². The maximum Gasteiger partial charge on any atom is 0.162 e. The molecule has 0 fully saturated rings. The molecule has 0 saturated carbocycles. The van der Waals surface area contributed by atoms with Gasteiger partial charge in [0.15, 0.2) is 5.82 Å². The standard InChI is InChI=1S/C14H7Cl2FN2/c15-9-5-2-1-4-8(9)14-18-11-7-3-6-10(17)12(11)13(16)19-14/h1-7H. The molecule has 0 saturated heterocycles. The van der Waals surface area contributed by atoms with Gasteiger partial charge in [-0.15, -0.1) is 0 Å². The Morgan fingerprint density at radius 2 is 1.68 bits per heavy atom. The van der Waals surface area contributed by atoms with E-state index in [0.717, 1.165) is 0 Å². The minimum absolute atomic E-state index is 0.0815. The van der Waals surface area contributed by atoms with Crippen LogP contribution in [0.5, 0.6) is 0 Å². The molecular formula is C14H7Cl2FN2. The molecule has 3 aromatic rings. The fourth-order valence-corrected chi connectivity index (χ4v) is 2.35. The topological polar surface area (TPSA) is 25.8 Å². The summed E-state index contributed by atoms with van der Waals surface area (Å²) in [5.41, 5.74) is 1.12. The Kier molecular flexibility index (Phi) is 3.09. The van der Waals surface area contributed by atoms with Gasteiger partial charge in [0.1, 0.15) is 11.0 Å². The first kappa shape index (κ1) is 12.3. The van der Waals surface area contributed by atoms with Crippen molar-refractivity contribution in [3.05, 3.63) is 58.5 Å². The van der Waals surface area contributed by atoms with E-state index in [-0.39, 0.29) is 10.5 Å². The first-order valence-corrected chi connectivity index (χ1v) is 6.29. The fraction of sp³-hybridized carbons (Fsp3) is 0. The summed E-state index contributed by atoms with van der Waals surface area (Å²) < 4.78 is 13.7. The summed E-state index contributed by atoms with van der Waals surface area (Å²) in [5.74, 6) is -0.0538. The first-order chi connectivity index (χ1) is 9.16. The normalized spacial score (nSPS) is 10.9. The highest BCUT2D eigenvalue weighted by Crippen LogP contribution is 2.29. The summed E-state index contributed by atoms with van der Waals surface area (Å²) in [6.07, 6.45) is 0. The lowest BCUT2D eigenvalue weighted by atomic mass is 10.2. The summed E-state index contributed by atoms with van der Waals surface area (Å²) in [6, 6.07) is 11.8. The quantitative estimate of drug-likeness (QED) is 0.605. The van der Waals surface area contributed by atoms with Crippen LogP contribution in [0.4, 0.5) is 4.39 Å². The molecule has 1 aromatic heterocycles. The number of aromatic nitrogens is 2. The van der Waals surface area contributed by atoms with Crippen LogP contribution in [0.2, 0.25) is 10.2 Å². The molecule has 0 aliphatic carbocycles. The number of fused-ring (bicyclic) bond motifs is 1. The van der Waals surface area contributed by atoms with E-state index in [1.165, 1.54) is 6.07 Å². The van der Waals surface area contributed by atoms with Gasteiger partial charge >= 0.3 is 0 Å². The van der Waals surface area contributed by atoms with E-state index < -0.39 is 5.82 Å². The van der Waals surface area contributed by atoms with Crippen LogP contribution in [-0.2, 0) is 0 Å². The molecule has 2 aromatic carbocycles. The monoisotopic (exact) mass is 292 g/mol. The Labute approximate surface area is 118 Å². The maximum absolute atomic E-state index is 13.7. The molecule has 19 heavy (non-hydrogen) atoms. The molecule has 0 spiro atoms. The minimum atomic E-state index is -0.437. The van der Waals surface area contributed by atoms with Gasteiger partial charge in [0.05, 0.1) is 15.9 Å². The largest absolute Gasteiger partial charge is 0.228 e. The second-order valence-electron chi connectivity index (χ2n) is 3.95. The van der Waals surface area contributed by atoms with Gasteiger partial charge in [-0.25, -0.2) is 14.4 Å². The summed E-state index contributed by atoms with van der Waals surface area (Å²) in [7, 11) is 0. The van der Waals surface area contributed by atoms with Crippen molar-refractivity contribution in [2.45, 2.75) is 0 Å². The third kappa shape index (κ3) is 2.15. The Morgan fingerprint density at radius 1 is 0.895 bits per heavy atom. The Morgan fingerprint density at radius 3 is 2.47 bits per heavy atom. The zero-order valence-electron chi connectivity index (χ0n) is 9.57. The molecule has 0 aliphatic rings. The van der Waals surface area contributed by atoms with Crippen molar-refractivity contribution in [1.82, 2.24) is 9.97 Å². The highest BCUT2D eigenvalue weighted by atomic mass is 35.5. The first-order valence-electron chi connectivity index (χ1n) is 5.53. The van der Waals surface area contributed by atoms with Crippen molar-refractivity contribution >= 4 is 34.1 Å². The third-order valence-electron chi connectivity index (χ3n) is 2.74. The number of nitrogens with zero attached hydrogens (tertiary/aromatic N) is 2. The second kappa shape index (κ2) is 4.76. The molecule has 0 bridgehead atoms. The van der Waals surface area contributed by atoms with Crippen LogP contribution in [-0.4, -0.2) is 9.97 Å². The molecular weight excluding hydrogens is 286 g/mol. The van der Waals surface area contributed by atoms with E-state index in [4.69, 9.17) is 23.2 Å². The van der Waals surface area contributed by atoms with E-state index in [0.29, 0.717) is 21.9 Å².